The van der Waals surface area contributed by atoms with Crippen molar-refractivity contribution in [2.24, 2.45) is 5.92 Å². The van der Waals surface area contributed by atoms with Crippen molar-refractivity contribution in [1.82, 2.24) is 10.3 Å². The van der Waals surface area contributed by atoms with Gasteiger partial charge >= 0.3 is 5.97 Å². The van der Waals surface area contributed by atoms with Crippen molar-refractivity contribution in [2.75, 3.05) is 6.54 Å². The average Bonchev–Trinajstić information content (AvgIpc) is 2.39. The first-order chi connectivity index (χ1) is 9.65. The van der Waals surface area contributed by atoms with E-state index in [2.05, 4.69) is 10.3 Å². The molecule has 1 aliphatic carbocycles. The van der Waals surface area contributed by atoms with Gasteiger partial charge in [-0.05, 0) is 30.0 Å². The Hall–Kier alpha value is -2.17. The molecule has 2 N–H and O–H groups in total. The molecule has 20 heavy (non-hydrogen) atoms. The van der Waals surface area contributed by atoms with E-state index in [0.29, 0.717) is 17.7 Å². The Morgan fingerprint density at radius 2 is 2.20 bits per heavy atom. The number of carbonyl (C=O) groups is 2. The van der Waals surface area contributed by atoms with Gasteiger partial charge in [0.2, 0.25) is 0 Å². The monoisotopic (exact) mass is 274 g/mol. The van der Waals surface area contributed by atoms with Crippen molar-refractivity contribution in [3.8, 4) is 0 Å². The molecule has 0 unspecified atom stereocenters. The molecule has 0 saturated heterocycles. The van der Waals surface area contributed by atoms with E-state index in [4.69, 9.17) is 5.11 Å². The highest BCUT2D eigenvalue weighted by molar-refractivity contribution is 5.94. The molecule has 1 fully saturated rings. The van der Waals surface area contributed by atoms with E-state index in [9.17, 15) is 9.59 Å². The molecule has 1 saturated carbocycles. The second-order valence-corrected chi connectivity index (χ2v) is 5.02. The van der Waals surface area contributed by atoms with Crippen LogP contribution in [0.1, 0.15) is 41.6 Å². The molecule has 1 amide bonds. The maximum absolute atomic E-state index is 11.9. The fourth-order valence-corrected chi connectivity index (χ4v) is 2.11. The van der Waals surface area contributed by atoms with Crippen molar-refractivity contribution >= 4 is 18.0 Å². The van der Waals surface area contributed by atoms with Crippen molar-refractivity contribution in [2.45, 2.75) is 25.7 Å². The van der Waals surface area contributed by atoms with E-state index in [-0.39, 0.29) is 5.91 Å². The Balaban J connectivity index is 1.88. The lowest BCUT2D eigenvalue weighted by Crippen LogP contribution is -2.27. The topological polar surface area (TPSA) is 79.3 Å². The first kappa shape index (κ1) is 14.2. The smallest absolute Gasteiger partial charge is 0.328 e. The van der Waals surface area contributed by atoms with Crippen LogP contribution in [0.4, 0.5) is 0 Å². The Labute approximate surface area is 117 Å². The van der Waals surface area contributed by atoms with Crippen LogP contribution in [0, 0.1) is 5.92 Å². The summed E-state index contributed by atoms with van der Waals surface area (Å²) in [5, 5.41) is 11.4. The van der Waals surface area contributed by atoms with Gasteiger partial charge in [0.05, 0.1) is 5.56 Å². The normalized spacial score (nSPS) is 15.0. The largest absolute Gasteiger partial charge is 0.478 e. The number of hydrogen-bond donors (Lipinski definition) is 2. The van der Waals surface area contributed by atoms with Crippen molar-refractivity contribution in [3.63, 3.8) is 0 Å². The Bertz CT molecular complexity index is 522. The average molecular weight is 274 g/mol. The van der Waals surface area contributed by atoms with Crippen LogP contribution in [0.15, 0.2) is 24.5 Å². The number of pyridine rings is 1. The molecule has 1 heterocycles. The summed E-state index contributed by atoms with van der Waals surface area (Å²) in [6.45, 7) is 0.679. The summed E-state index contributed by atoms with van der Waals surface area (Å²) in [5.41, 5.74) is 1.05. The highest BCUT2D eigenvalue weighted by Gasteiger charge is 2.17. The van der Waals surface area contributed by atoms with Crippen LogP contribution in [0.3, 0.4) is 0 Å². The lowest BCUT2D eigenvalue weighted by molar-refractivity contribution is -0.131. The molecule has 0 aromatic carbocycles. The van der Waals surface area contributed by atoms with Crippen LogP contribution in [0.25, 0.3) is 6.08 Å². The molecule has 2 rings (SSSR count). The fourth-order valence-electron chi connectivity index (χ4n) is 2.11. The van der Waals surface area contributed by atoms with Crippen molar-refractivity contribution < 1.29 is 14.7 Å². The third-order valence-corrected chi connectivity index (χ3v) is 3.50. The second kappa shape index (κ2) is 6.84. The van der Waals surface area contributed by atoms with Crippen molar-refractivity contribution in [1.29, 1.82) is 0 Å². The molecule has 0 bridgehead atoms. The van der Waals surface area contributed by atoms with Gasteiger partial charge in [0.25, 0.3) is 5.91 Å². The number of nitrogens with zero attached hydrogens (tertiary/aromatic N) is 1. The number of carbonyl (C=O) groups excluding carboxylic acids is 1. The molecule has 5 heteroatoms. The minimum absolute atomic E-state index is 0.164. The first-order valence-corrected chi connectivity index (χ1v) is 6.79. The van der Waals surface area contributed by atoms with Gasteiger partial charge in [-0.3, -0.25) is 9.78 Å². The van der Waals surface area contributed by atoms with Crippen LogP contribution < -0.4 is 5.32 Å². The van der Waals surface area contributed by atoms with Gasteiger partial charge < -0.3 is 10.4 Å². The van der Waals surface area contributed by atoms with Gasteiger partial charge in [0.1, 0.15) is 0 Å². The number of aliphatic carboxylic acids is 1. The summed E-state index contributed by atoms with van der Waals surface area (Å²) < 4.78 is 0. The second-order valence-electron chi connectivity index (χ2n) is 5.02. The highest BCUT2D eigenvalue weighted by atomic mass is 16.4. The zero-order chi connectivity index (χ0) is 14.4. The van der Waals surface area contributed by atoms with E-state index >= 15 is 0 Å². The Morgan fingerprint density at radius 1 is 1.40 bits per heavy atom. The predicted molar refractivity (Wildman–Crippen MR) is 75.2 cm³/mol. The van der Waals surface area contributed by atoms with E-state index < -0.39 is 5.97 Å². The Kier molecular flexibility index (Phi) is 4.87. The standard InChI is InChI=1S/C15H18N2O3/c18-14(19)5-4-12-8-13(10-16-9-12)15(20)17-7-6-11-2-1-3-11/h4-5,8-11H,1-3,6-7H2,(H,17,20)(H,18,19)/b5-4+. The molecule has 106 valence electrons. The fraction of sp³-hybridized carbons (Fsp3) is 0.400. The zero-order valence-electron chi connectivity index (χ0n) is 11.2. The molecule has 1 aliphatic rings. The number of nitrogens with one attached hydrogen (secondary N) is 1. The van der Waals surface area contributed by atoms with E-state index in [0.717, 1.165) is 18.4 Å². The van der Waals surface area contributed by atoms with Gasteiger partial charge in [-0.2, -0.15) is 0 Å². The summed E-state index contributed by atoms with van der Waals surface area (Å²) >= 11 is 0. The first-order valence-electron chi connectivity index (χ1n) is 6.79. The van der Waals surface area contributed by atoms with Crippen LogP contribution in [0.5, 0.6) is 0 Å². The molecular formula is C15H18N2O3. The Morgan fingerprint density at radius 3 is 2.85 bits per heavy atom. The molecule has 0 atom stereocenters. The maximum Gasteiger partial charge on any atom is 0.328 e. The zero-order valence-corrected chi connectivity index (χ0v) is 11.2. The molecule has 0 aliphatic heterocycles. The summed E-state index contributed by atoms with van der Waals surface area (Å²) in [6, 6.07) is 1.63. The maximum atomic E-state index is 11.9. The SMILES string of the molecule is O=C(O)/C=C/c1cncc(C(=O)NCCC2CCC2)c1. The van der Waals surface area contributed by atoms with E-state index in [1.165, 1.54) is 37.7 Å². The van der Waals surface area contributed by atoms with Crippen molar-refractivity contribution in [3.05, 3.63) is 35.7 Å². The van der Waals surface area contributed by atoms with Gasteiger partial charge in [0, 0.05) is 25.0 Å². The molecule has 1 aromatic rings. The predicted octanol–water partition coefficient (Wildman–Crippen LogP) is 2.10. The number of carboxylic acids is 1. The lowest BCUT2D eigenvalue weighted by Gasteiger charge is -2.25. The van der Waals surface area contributed by atoms with Gasteiger partial charge in [0.15, 0.2) is 0 Å². The molecule has 0 radical (unpaired) electrons. The molecule has 0 spiro atoms. The molecule has 1 aromatic heterocycles. The third kappa shape index (κ3) is 4.19. The van der Waals surface area contributed by atoms with Crippen LogP contribution >= 0.6 is 0 Å². The summed E-state index contributed by atoms with van der Waals surface area (Å²) in [5.74, 6) is -0.430. The third-order valence-electron chi connectivity index (χ3n) is 3.50. The number of hydrogen-bond acceptors (Lipinski definition) is 3. The quantitative estimate of drug-likeness (QED) is 0.779. The van der Waals surface area contributed by atoms with Gasteiger partial charge in [-0.1, -0.05) is 19.3 Å². The van der Waals surface area contributed by atoms with Gasteiger partial charge in [-0.25, -0.2) is 4.79 Å². The molecular weight excluding hydrogens is 256 g/mol. The number of carboxylic acid groups (broad SMARTS) is 1. The highest BCUT2D eigenvalue weighted by Crippen LogP contribution is 2.28. The summed E-state index contributed by atoms with van der Waals surface area (Å²) in [4.78, 5) is 26.3. The van der Waals surface area contributed by atoms with Crippen LogP contribution in [0.2, 0.25) is 0 Å². The minimum atomic E-state index is -1.03. The number of rotatable bonds is 6. The van der Waals surface area contributed by atoms with Crippen LogP contribution in [-0.4, -0.2) is 28.5 Å². The number of amides is 1. The number of aromatic nitrogens is 1. The summed E-state index contributed by atoms with van der Waals surface area (Å²) in [6.07, 6.45) is 10.3. The minimum Gasteiger partial charge on any atom is -0.478 e. The lowest BCUT2D eigenvalue weighted by atomic mass is 9.83. The van der Waals surface area contributed by atoms with E-state index in [1.54, 1.807) is 6.07 Å². The summed E-state index contributed by atoms with van der Waals surface area (Å²) in [7, 11) is 0. The van der Waals surface area contributed by atoms with E-state index in [1.807, 2.05) is 0 Å². The molecule has 5 nitrogen and oxygen atoms in total. The van der Waals surface area contributed by atoms with Gasteiger partial charge in [-0.15, -0.1) is 0 Å². The van der Waals surface area contributed by atoms with Crippen LogP contribution in [-0.2, 0) is 4.79 Å².